The predicted molar refractivity (Wildman–Crippen MR) is 112 cm³/mol. The van der Waals surface area contributed by atoms with Crippen LogP contribution in [-0.2, 0) is 16.2 Å². The molecule has 1 atom stereocenters. The van der Waals surface area contributed by atoms with Crippen molar-refractivity contribution >= 4 is 27.7 Å². The third-order valence-electron chi connectivity index (χ3n) is 4.85. The molecular weight excluding hydrogens is 470 g/mol. The number of hydrogen-bond donors (Lipinski definition) is 0. The summed E-state index contributed by atoms with van der Waals surface area (Å²) in [5.74, 6) is -2.96. The van der Waals surface area contributed by atoms with Gasteiger partial charge in [-0.25, -0.2) is 8.78 Å². The average Bonchev–Trinajstić information content (AvgIpc) is 3.09. The Balaban J connectivity index is 1.68. The summed E-state index contributed by atoms with van der Waals surface area (Å²) in [6, 6.07) is 19.1. The van der Waals surface area contributed by atoms with Crippen LogP contribution >= 0.6 is 15.9 Å². The molecule has 0 saturated carbocycles. The Labute approximate surface area is 185 Å². The molecule has 8 heteroatoms. The van der Waals surface area contributed by atoms with E-state index in [0.717, 1.165) is 27.2 Å². The van der Waals surface area contributed by atoms with Crippen molar-refractivity contribution in [2.24, 2.45) is 0 Å². The molecular formula is C23H17BrF2N2O3. The van der Waals surface area contributed by atoms with Gasteiger partial charge in [0, 0.05) is 10.5 Å². The zero-order valence-electron chi connectivity index (χ0n) is 16.2. The molecule has 3 aromatic carbocycles. The molecule has 31 heavy (non-hydrogen) atoms. The van der Waals surface area contributed by atoms with Gasteiger partial charge in [-0.1, -0.05) is 58.4 Å². The van der Waals surface area contributed by atoms with Gasteiger partial charge in [0.1, 0.15) is 24.8 Å². The van der Waals surface area contributed by atoms with E-state index in [9.17, 15) is 18.4 Å². The van der Waals surface area contributed by atoms with E-state index in [0.29, 0.717) is 11.6 Å². The van der Waals surface area contributed by atoms with Gasteiger partial charge in [-0.3, -0.25) is 14.4 Å². The van der Waals surface area contributed by atoms with Crippen LogP contribution in [0, 0.1) is 11.6 Å². The quantitative estimate of drug-likeness (QED) is 0.518. The molecule has 1 aliphatic heterocycles. The monoisotopic (exact) mass is 486 g/mol. The van der Waals surface area contributed by atoms with Gasteiger partial charge in [-0.2, -0.15) is 5.06 Å². The summed E-state index contributed by atoms with van der Waals surface area (Å²) in [6.45, 7) is -0.189. The van der Waals surface area contributed by atoms with Gasteiger partial charge in [0.25, 0.3) is 11.8 Å². The number of hydroxylamine groups is 2. The lowest BCUT2D eigenvalue weighted by Crippen LogP contribution is -2.36. The molecule has 0 aliphatic carbocycles. The minimum absolute atomic E-state index is 0.115. The number of amides is 2. The average molecular weight is 487 g/mol. The van der Waals surface area contributed by atoms with E-state index in [4.69, 9.17) is 4.84 Å². The fourth-order valence-corrected chi connectivity index (χ4v) is 3.83. The Morgan fingerprint density at radius 2 is 1.81 bits per heavy atom. The number of nitrogens with zero attached hydrogens (tertiary/aromatic N) is 2. The summed E-state index contributed by atoms with van der Waals surface area (Å²) >= 11 is 3.39. The van der Waals surface area contributed by atoms with Crippen molar-refractivity contribution in [1.29, 1.82) is 0 Å². The highest BCUT2D eigenvalue weighted by atomic mass is 79.9. The molecule has 0 radical (unpaired) electrons. The summed E-state index contributed by atoms with van der Waals surface area (Å²) in [5, 5.41) is 1.13. The van der Waals surface area contributed by atoms with E-state index >= 15 is 0 Å². The van der Waals surface area contributed by atoms with Crippen LogP contribution in [0.15, 0.2) is 77.3 Å². The summed E-state index contributed by atoms with van der Waals surface area (Å²) in [7, 11) is 0. The van der Waals surface area contributed by atoms with Crippen molar-refractivity contribution in [3.63, 3.8) is 0 Å². The molecule has 1 heterocycles. The van der Waals surface area contributed by atoms with Gasteiger partial charge in [0.15, 0.2) is 6.17 Å². The van der Waals surface area contributed by atoms with Crippen molar-refractivity contribution in [1.82, 2.24) is 9.96 Å². The van der Waals surface area contributed by atoms with Crippen LogP contribution in [-0.4, -0.2) is 28.3 Å². The standard InChI is InChI=1S/C23H17BrF2N2O3/c24-17-8-4-7-16(11-17)22-27(23(30)19-10-9-18(25)12-20(19)26)13-21(29)28(22)31-14-15-5-2-1-3-6-15/h1-12,22H,13-14H2. The van der Waals surface area contributed by atoms with E-state index in [1.807, 2.05) is 30.3 Å². The fourth-order valence-electron chi connectivity index (χ4n) is 3.41. The lowest BCUT2D eigenvalue weighted by molar-refractivity contribution is -0.201. The normalized spacial score (nSPS) is 16.1. The Kier molecular flexibility index (Phi) is 6.11. The van der Waals surface area contributed by atoms with Crippen LogP contribution in [0.25, 0.3) is 0 Å². The van der Waals surface area contributed by atoms with E-state index < -0.39 is 29.6 Å². The number of benzene rings is 3. The summed E-state index contributed by atoms with van der Waals surface area (Å²) < 4.78 is 28.3. The van der Waals surface area contributed by atoms with Gasteiger partial charge < -0.3 is 4.90 Å². The second-order valence-electron chi connectivity index (χ2n) is 6.96. The molecule has 0 N–H and O–H groups in total. The first-order valence-electron chi connectivity index (χ1n) is 9.44. The highest BCUT2D eigenvalue weighted by Crippen LogP contribution is 2.34. The van der Waals surface area contributed by atoms with E-state index in [1.165, 1.54) is 4.90 Å². The molecule has 5 nitrogen and oxygen atoms in total. The van der Waals surface area contributed by atoms with Gasteiger partial charge in [-0.15, -0.1) is 0 Å². The van der Waals surface area contributed by atoms with Crippen LogP contribution in [0.1, 0.15) is 27.7 Å². The second-order valence-corrected chi connectivity index (χ2v) is 7.88. The van der Waals surface area contributed by atoms with Gasteiger partial charge in [-0.05, 0) is 35.4 Å². The predicted octanol–water partition coefficient (Wildman–Crippen LogP) is 4.84. The van der Waals surface area contributed by atoms with Crippen molar-refractivity contribution in [2.75, 3.05) is 6.54 Å². The SMILES string of the molecule is O=C(c1ccc(F)cc1F)N1CC(=O)N(OCc2ccccc2)C1c1cccc(Br)c1. The smallest absolute Gasteiger partial charge is 0.268 e. The minimum atomic E-state index is -0.992. The lowest BCUT2D eigenvalue weighted by atomic mass is 10.1. The highest BCUT2D eigenvalue weighted by molar-refractivity contribution is 9.10. The summed E-state index contributed by atoms with van der Waals surface area (Å²) in [6.07, 6.45) is -0.911. The van der Waals surface area contributed by atoms with E-state index in [-0.39, 0.29) is 18.7 Å². The molecule has 0 aromatic heterocycles. The van der Waals surface area contributed by atoms with Crippen LogP contribution in [0.4, 0.5) is 8.78 Å². The maximum atomic E-state index is 14.3. The second kappa shape index (κ2) is 8.95. The summed E-state index contributed by atoms with van der Waals surface area (Å²) in [4.78, 5) is 32.9. The number of carbonyl (C=O) groups is 2. The fraction of sp³-hybridized carbons (Fsp3) is 0.130. The zero-order chi connectivity index (χ0) is 22.0. The number of carbonyl (C=O) groups excluding carboxylic acids is 2. The van der Waals surface area contributed by atoms with Gasteiger partial charge >= 0.3 is 0 Å². The Hall–Kier alpha value is -3.10. The molecule has 1 saturated heterocycles. The van der Waals surface area contributed by atoms with Crippen LogP contribution < -0.4 is 0 Å². The molecule has 1 fully saturated rings. The van der Waals surface area contributed by atoms with Crippen LogP contribution in [0.5, 0.6) is 0 Å². The largest absolute Gasteiger partial charge is 0.302 e. The third kappa shape index (κ3) is 4.50. The third-order valence-corrected chi connectivity index (χ3v) is 5.34. The van der Waals surface area contributed by atoms with Crippen molar-refractivity contribution < 1.29 is 23.2 Å². The van der Waals surface area contributed by atoms with Crippen molar-refractivity contribution in [3.8, 4) is 0 Å². The van der Waals surface area contributed by atoms with Crippen LogP contribution in [0.2, 0.25) is 0 Å². The molecule has 0 spiro atoms. The van der Waals surface area contributed by atoms with Gasteiger partial charge in [0.05, 0.1) is 5.56 Å². The molecule has 158 valence electrons. The first kappa shape index (κ1) is 21.1. The maximum absolute atomic E-state index is 14.3. The van der Waals surface area contributed by atoms with Crippen molar-refractivity contribution in [2.45, 2.75) is 12.8 Å². The topological polar surface area (TPSA) is 49.9 Å². The lowest BCUT2D eigenvalue weighted by Gasteiger charge is -2.29. The molecule has 3 aromatic rings. The molecule has 1 aliphatic rings. The van der Waals surface area contributed by atoms with E-state index in [2.05, 4.69) is 15.9 Å². The van der Waals surface area contributed by atoms with Crippen LogP contribution in [0.3, 0.4) is 0 Å². The van der Waals surface area contributed by atoms with Gasteiger partial charge in [0.2, 0.25) is 0 Å². The Morgan fingerprint density at radius 3 is 2.52 bits per heavy atom. The number of rotatable bonds is 5. The molecule has 0 bridgehead atoms. The Morgan fingerprint density at radius 1 is 1.03 bits per heavy atom. The Bertz CT molecular complexity index is 1130. The number of halogens is 3. The zero-order valence-corrected chi connectivity index (χ0v) is 17.8. The number of hydrogen-bond acceptors (Lipinski definition) is 3. The molecule has 4 rings (SSSR count). The molecule has 1 unspecified atom stereocenters. The van der Waals surface area contributed by atoms with Crippen molar-refractivity contribution in [3.05, 3.63) is 106 Å². The minimum Gasteiger partial charge on any atom is -0.302 e. The first-order valence-corrected chi connectivity index (χ1v) is 10.2. The summed E-state index contributed by atoms with van der Waals surface area (Å²) in [5.41, 5.74) is 1.13. The first-order chi connectivity index (χ1) is 14.9. The molecule has 2 amide bonds. The highest BCUT2D eigenvalue weighted by Gasteiger charge is 2.43. The maximum Gasteiger partial charge on any atom is 0.268 e. The van der Waals surface area contributed by atoms with E-state index in [1.54, 1.807) is 24.3 Å².